The molecule has 0 saturated carbocycles. The standard InChI is InChI=1S/C17H16O3S3/c18-9-12-10(19)8-11(20-12)13-3-4-16(22-13)17-6-5-15(23-17)14-2-1-7-21-14/h1-7,10-12,18-19H,8-9H2/t10-,11?,12+/m0/s1. The number of hydrogen-bond acceptors (Lipinski definition) is 6. The zero-order valence-electron chi connectivity index (χ0n) is 12.2. The molecule has 0 bridgehead atoms. The molecule has 120 valence electrons. The Hall–Kier alpha value is -1.02. The van der Waals surface area contributed by atoms with E-state index in [2.05, 4.69) is 41.8 Å². The van der Waals surface area contributed by atoms with Crippen molar-refractivity contribution in [3.8, 4) is 19.5 Å². The third kappa shape index (κ3) is 3.03. The van der Waals surface area contributed by atoms with Gasteiger partial charge in [0.25, 0.3) is 0 Å². The van der Waals surface area contributed by atoms with Crippen molar-refractivity contribution in [2.45, 2.75) is 24.7 Å². The van der Waals surface area contributed by atoms with Crippen molar-refractivity contribution in [3.05, 3.63) is 46.7 Å². The Bertz CT molecular complexity index is 775. The number of thiophene rings is 3. The van der Waals surface area contributed by atoms with Crippen LogP contribution in [0.2, 0.25) is 0 Å². The second-order valence-electron chi connectivity index (χ2n) is 5.49. The lowest BCUT2D eigenvalue weighted by Gasteiger charge is -2.10. The number of ether oxygens (including phenoxy) is 1. The summed E-state index contributed by atoms with van der Waals surface area (Å²) in [7, 11) is 0. The van der Waals surface area contributed by atoms with E-state index in [1.54, 1.807) is 34.0 Å². The summed E-state index contributed by atoms with van der Waals surface area (Å²) in [6.45, 7) is -0.134. The summed E-state index contributed by atoms with van der Waals surface area (Å²) in [4.78, 5) is 6.17. The summed E-state index contributed by atoms with van der Waals surface area (Å²) >= 11 is 5.26. The fourth-order valence-electron chi connectivity index (χ4n) is 2.76. The predicted molar refractivity (Wildman–Crippen MR) is 96.3 cm³/mol. The van der Waals surface area contributed by atoms with Crippen molar-refractivity contribution >= 4 is 34.0 Å². The van der Waals surface area contributed by atoms with Crippen LogP contribution in [0.3, 0.4) is 0 Å². The molecule has 1 fully saturated rings. The fraction of sp³-hybridized carbons (Fsp3) is 0.294. The van der Waals surface area contributed by atoms with Gasteiger partial charge in [0, 0.05) is 30.8 Å². The highest BCUT2D eigenvalue weighted by atomic mass is 32.1. The molecule has 1 aliphatic rings. The number of aliphatic hydroxyl groups excluding tert-OH is 2. The summed E-state index contributed by atoms with van der Waals surface area (Å²) in [6, 6.07) is 12.7. The zero-order valence-corrected chi connectivity index (χ0v) is 14.7. The maximum atomic E-state index is 9.88. The summed E-state index contributed by atoms with van der Waals surface area (Å²) in [5.74, 6) is 0. The molecule has 3 aromatic heterocycles. The lowest BCUT2D eigenvalue weighted by molar-refractivity contribution is -0.0216. The van der Waals surface area contributed by atoms with Crippen LogP contribution in [0.25, 0.3) is 19.5 Å². The predicted octanol–water partition coefficient (Wildman–Crippen LogP) is 4.39. The monoisotopic (exact) mass is 364 g/mol. The van der Waals surface area contributed by atoms with Crippen LogP contribution in [0.15, 0.2) is 41.8 Å². The van der Waals surface area contributed by atoms with E-state index in [1.807, 2.05) is 0 Å². The quantitative estimate of drug-likeness (QED) is 0.722. The molecule has 0 amide bonds. The molecule has 0 aromatic carbocycles. The number of rotatable bonds is 4. The average Bonchev–Trinajstić information content (AvgIpc) is 3.32. The lowest BCUT2D eigenvalue weighted by atomic mass is 10.1. The molecule has 2 N–H and O–H groups in total. The summed E-state index contributed by atoms with van der Waals surface area (Å²) in [5.41, 5.74) is 0. The van der Waals surface area contributed by atoms with Gasteiger partial charge in [-0.05, 0) is 35.7 Å². The van der Waals surface area contributed by atoms with Crippen LogP contribution in [0.5, 0.6) is 0 Å². The third-order valence-electron chi connectivity index (χ3n) is 3.96. The first kappa shape index (κ1) is 15.5. The lowest BCUT2D eigenvalue weighted by Crippen LogP contribution is -2.24. The normalized spacial score (nSPS) is 24.3. The van der Waals surface area contributed by atoms with E-state index < -0.39 is 12.2 Å². The highest BCUT2D eigenvalue weighted by molar-refractivity contribution is 7.26. The van der Waals surface area contributed by atoms with E-state index >= 15 is 0 Å². The Morgan fingerprint density at radius 3 is 2.43 bits per heavy atom. The second-order valence-corrected chi connectivity index (χ2v) is 8.64. The van der Waals surface area contributed by atoms with Gasteiger partial charge in [0.05, 0.1) is 18.8 Å². The summed E-state index contributed by atoms with van der Waals surface area (Å²) < 4.78 is 5.74. The molecule has 0 radical (unpaired) electrons. The fourth-order valence-corrected chi connectivity index (χ4v) is 5.74. The van der Waals surface area contributed by atoms with Crippen molar-refractivity contribution in [1.82, 2.24) is 0 Å². The van der Waals surface area contributed by atoms with Gasteiger partial charge < -0.3 is 14.9 Å². The van der Waals surface area contributed by atoms with E-state index in [0.717, 1.165) is 4.88 Å². The van der Waals surface area contributed by atoms with Crippen LogP contribution in [0.4, 0.5) is 0 Å². The van der Waals surface area contributed by atoms with Crippen molar-refractivity contribution < 1.29 is 14.9 Å². The summed E-state index contributed by atoms with van der Waals surface area (Å²) in [5, 5.41) is 21.2. The van der Waals surface area contributed by atoms with Gasteiger partial charge in [0.1, 0.15) is 6.10 Å². The molecule has 3 atom stereocenters. The minimum Gasteiger partial charge on any atom is -0.394 e. The minimum absolute atomic E-state index is 0.113. The van der Waals surface area contributed by atoms with Gasteiger partial charge in [-0.25, -0.2) is 0 Å². The van der Waals surface area contributed by atoms with Gasteiger partial charge in [-0.1, -0.05) is 6.07 Å². The molecular formula is C17H16O3S3. The van der Waals surface area contributed by atoms with Crippen LogP contribution >= 0.6 is 34.0 Å². The van der Waals surface area contributed by atoms with Crippen LogP contribution < -0.4 is 0 Å². The summed E-state index contributed by atoms with van der Waals surface area (Å²) in [6.07, 6.45) is -0.603. The molecule has 1 aliphatic heterocycles. The zero-order chi connectivity index (χ0) is 15.8. The van der Waals surface area contributed by atoms with Crippen LogP contribution in [0, 0.1) is 0 Å². The Labute approximate surface area is 146 Å². The van der Waals surface area contributed by atoms with E-state index in [4.69, 9.17) is 4.74 Å². The molecule has 4 rings (SSSR count). The maximum absolute atomic E-state index is 9.88. The molecule has 1 unspecified atom stereocenters. The van der Waals surface area contributed by atoms with Crippen molar-refractivity contribution in [1.29, 1.82) is 0 Å². The van der Waals surface area contributed by atoms with Crippen molar-refractivity contribution in [2.75, 3.05) is 6.61 Å². The number of aliphatic hydroxyl groups is 2. The molecule has 1 saturated heterocycles. The van der Waals surface area contributed by atoms with Crippen LogP contribution in [-0.2, 0) is 4.74 Å². The molecule has 3 nitrogen and oxygen atoms in total. The Morgan fingerprint density at radius 2 is 1.74 bits per heavy atom. The van der Waals surface area contributed by atoms with Gasteiger partial charge in [-0.2, -0.15) is 0 Å². The SMILES string of the molecule is OC[C@H]1OC(c2ccc(-c3ccc(-c4cccs4)s3)s2)C[C@@H]1O. The van der Waals surface area contributed by atoms with E-state index in [-0.39, 0.29) is 12.7 Å². The van der Waals surface area contributed by atoms with Crippen molar-refractivity contribution in [3.63, 3.8) is 0 Å². The third-order valence-corrected chi connectivity index (χ3v) is 7.48. The van der Waals surface area contributed by atoms with E-state index in [0.29, 0.717) is 6.42 Å². The first-order valence-electron chi connectivity index (χ1n) is 7.43. The Kier molecular flexibility index (Phi) is 4.36. The maximum Gasteiger partial charge on any atom is 0.107 e. The molecule has 3 aromatic rings. The van der Waals surface area contributed by atoms with E-state index in [1.165, 1.54) is 19.5 Å². The Morgan fingerprint density at radius 1 is 1.00 bits per heavy atom. The smallest absolute Gasteiger partial charge is 0.107 e. The molecule has 6 heteroatoms. The average molecular weight is 365 g/mol. The largest absolute Gasteiger partial charge is 0.394 e. The van der Waals surface area contributed by atoms with Crippen molar-refractivity contribution in [2.24, 2.45) is 0 Å². The minimum atomic E-state index is -0.581. The van der Waals surface area contributed by atoms with Gasteiger partial charge in [-0.3, -0.25) is 0 Å². The second kappa shape index (κ2) is 6.47. The molecular weight excluding hydrogens is 348 g/mol. The van der Waals surface area contributed by atoms with Gasteiger partial charge in [-0.15, -0.1) is 34.0 Å². The molecule has 0 spiro atoms. The van der Waals surface area contributed by atoms with Gasteiger partial charge in [0.15, 0.2) is 0 Å². The molecule has 0 aliphatic carbocycles. The first-order valence-corrected chi connectivity index (χ1v) is 9.94. The first-order chi connectivity index (χ1) is 11.2. The molecule has 4 heterocycles. The molecule has 23 heavy (non-hydrogen) atoms. The number of hydrogen-bond donors (Lipinski definition) is 2. The van der Waals surface area contributed by atoms with Gasteiger partial charge >= 0.3 is 0 Å². The topological polar surface area (TPSA) is 49.7 Å². The van der Waals surface area contributed by atoms with Gasteiger partial charge in [0.2, 0.25) is 0 Å². The highest BCUT2D eigenvalue weighted by Crippen LogP contribution is 2.42. The highest BCUT2D eigenvalue weighted by Gasteiger charge is 2.35. The Balaban J connectivity index is 1.55. The van der Waals surface area contributed by atoms with Crippen LogP contribution in [-0.4, -0.2) is 29.0 Å². The van der Waals surface area contributed by atoms with E-state index in [9.17, 15) is 10.2 Å². The van der Waals surface area contributed by atoms with Crippen LogP contribution in [0.1, 0.15) is 17.4 Å².